The fourth-order valence-corrected chi connectivity index (χ4v) is 2.86. The Hall–Kier alpha value is -2.60. The van der Waals surface area contributed by atoms with Gasteiger partial charge in [0.25, 0.3) is 5.91 Å². The summed E-state index contributed by atoms with van der Waals surface area (Å²) in [5.41, 5.74) is 3.48. The van der Waals surface area contributed by atoms with Crippen LogP contribution in [0, 0.1) is 6.92 Å². The average Bonchev–Trinajstić information content (AvgIpc) is 3.08. The van der Waals surface area contributed by atoms with Crippen molar-refractivity contribution >= 4 is 23.4 Å². The molecule has 5 nitrogen and oxygen atoms in total. The van der Waals surface area contributed by atoms with Gasteiger partial charge in [0.05, 0.1) is 6.54 Å². The van der Waals surface area contributed by atoms with E-state index in [1.165, 1.54) is 6.33 Å². The number of aromatic nitrogens is 3. The number of nitrogens with one attached hydrogen (secondary N) is 1. The van der Waals surface area contributed by atoms with Crippen molar-refractivity contribution in [3.8, 4) is 0 Å². The zero-order valence-corrected chi connectivity index (χ0v) is 14.4. The van der Waals surface area contributed by atoms with E-state index in [0.29, 0.717) is 12.1 Å². The van der Waals surface area contributed by atoms with Crippen molar-refractivity contribution in [2.45, 2.75) is 18.4 Å². The van der Waals surface area contributed by atoms with Crippen molar-refractivity contribution < 1.29 is 4.79 Å². The lowest BCUT2D eigenvalue weighted by molar-refractivity contribution is 0.102. The Kier molecular flexibility index (Phi) is 4.96. The summed E-state index contributed by atoms with van der Waals surface area (Å²) >= 11 is 1.62. The van der Waals surface area contributed by atoms with Crippen LogP contribution in [0.3, 0.4) is 0 Å². The van der Waals surface area contributed by atoms with Crippen LogP contribution in [0.15, 0.2) is 60.0 Å². The molecule has 3 rings (SSSR count). The van der Waals surface area contributed by atoms with E-state index in [1.807, 2.05) is 55.6 Å². The van der Waals surface area contributed by atoms with Crippen LogP contribution in [0.2, 0.25) is 0 Å². The standard InChI is InChI=1S/C18H18N4OS/c1-13-6-7-16(24-2)9-17(13)18(23)21-15-5-3-4-14(8-15)10-22-12-19-11-20-22/h3-9,11-12H,10H2,1-2H3,(H,21,23). The van der Waals surface area contributed by atoms with Crippen molar-refractivity contribution in [1.82, 2.24) is 14.8 Å². The molecule has 1 heterocycles. The van der Waals surface area contributed by atoms with Gasteiger partial charge in [-0.3, -0.25) is 4.79 Å². The Morgan fingerprint density at radius 3 is 2.88 bits per heavy atom. The molecular formula is C18H18N4OS. The summed E-state index contributed by atoms with van der Waals surface area (Å²) in [5.74, 6) is -0.0960. The van der Waals surface area contributed by atoms with Crippen LogP contribution in [-0.4, -0.2) is 26.9 Å². The molecule has 0 radical (unpaired) electrons. The number of hydrogen-bond acceptors (Lipinski definition) is 4. The molecule has 6 heteroatoms. The summed E-state index contributed by atoms with van der Waals surface area (Å²) in [6, 6.07) is 13.7. The second-order valence-corrected chi connectivity index (χ2v) is 6.31. The average molecular weight is 338 g/mol. The van der Waals surface area contributed by atoms with Gasteiger partial charge in [0, 0.05) is 16.1 Å². The molecule has 0 fully saturated rings. The minimum Gasteiger partial charge on any atom is -0.322 e. The fraction of sp³-hybridized carbons (Fsp3) is 0.167. The van der Waals surface area contributed by atoms with E-state index in [-0.39, 0.29) is 5.91 Å². The van der Waals surface area contributed by atoms with Gasteiger partial charge in [0.15, 0.2) is 0 Å². The maximum Gasteiger partial charge on any atom is 0.255 e. The van der Waals surface area contributed by atoms with Gasteiger partial charge in [-0.25, -0.2) is 9.67 Å². The van der Waals surface area contributed by atoms with Crippen LogP contribution in [0.5, 0.6) is 0 Å². The van der Waals surface area contributed by atoms with Gasteiger partial charge in [-0.1, -0.05) is 18.2 Å². The molecule has 1 aromatic heterocycles. The molecule has 0 aliphatic rings. The van der Waals surface area contributed by atoms with Crippen LogP contribution < -0.4 is 5.32 Å². The highest BCUT2D eigenvalue weighted by Crippen LogP contribution is 2.20. The molecule has 24 heavy (non-hydrogen) atoms. The lowest BCUT2D eigenvalue weighted by atomic mass is 10.1. The topological polar surface area (TPSA) is 59.8 Å². The molecular weight excluding hydrogens is 320 g/mol. The third-order valence-corrected chi connectivity index (χ3v) is 4.41. The molecule has 0 saturated heterocycles. The predicted octanol–water partition coefficient (Wildman–Crippen LogP) is 3.61. The molecule has 0 aliphatic heterocycles. The van der Waals surface area contributed by atoms with Crippen molar-refractivity contribution in [2.24, 2.45) is 0 Å². The van der Waals surface area contributed by atoms with E-state index < -0.39 is 0 Å². The van der Waals surface area contributed by atoms with Crippen LogP contribution in [0.1, 0.15) is 21.5 Å². The Morgan fingerprint density at radius 1 is 1.25 bits per heavy atom. The number of anilines is 1. The molecule has 0 saturated carbocycles. The number of rotatable bonds is 5. The number of thioether (sulfide) groups is 1. The SMILES string of the molecule is CSc1ccc(C)c(C(=O)Nc2cccc(Cn3cncn3)c2)c1. The predicted molar refractivity (Wildman–Crippen MR) is 96.5 cm³/mol. The number of carbonyl (C=O) groups is 1. The minimum atomic E-state index is -0.0960. The molecule has 3 aromatic rings. The van der Waals surface area contributed by atoms with Gasteiger partial charge < -0.3 is 5.32 Å². The van der Waals surface area contributed by atoms with Crippen molar-refractivity contribution in [3.05, 3.63) is 71.8 Å². The highest BCUT2D eigenvalue weighted by molar-refractivity contribution is 7.98. The molecule has 0 unspecified atom stereocenters. The number of amides is 1. The summed E-state index contributed by atoms with van der Waals surface area (Å²) in [5, 5.41) is 7.07. The first kappa shape index (κ1) is 16.3. The molecule has 122 valence electrons. The zero-order valence-electron chi connectivity index (χ0n) is 13.6. The fourth-order valence-electron chi connectivity index (χ4n) is 2.42. The summed E-state index contributed by atoms with van der Waals surface area (Å²) in [6.07, 6.45) is 5.18. The maximum atomic E-state index is 12.6. The maximum absolute atomic E-state index is 12.6. The Balaban J connectivity index is 1.77. The van der Waals surface area contributed by atoms with Crippen LogP contribution in [0.4, 0.5) is 5.69 Å². The van der Waals surface area contributed by atoms with Crippen LogP contribution >= 0.6 is 11.8 Å². The van der Waals surface area contributed by atoms with Gasteiger partial charge in [-0.05, 0) is 48.6 Å². The minimum absolute atomic E-state index is 0.0960. The van der Waals surface area contributed by atoms with Crippen LogP contribution in [0.25, 0.3) is 0 Å². The number of aryl methyl sites for hydroxylation is 1. The van der Waals surface area contributed by atoms with Gasteiger partial charge in [-0.15, -0.1) is 11.8 Å². The second kappa shape index (κ2) is 7.31. The van der Waals surface area contributed by atoms with Crippen molar-refractivity contribution in [2.75, 3.05) is 11.6 Å². The lowest BCUT2D eigenvalue weighted by Crippen LogP contribution is -2.13. The Labute approximate surface area is 145 Å². The normalized spacial score (nSPS) is 10.6. The molecule has 0 spiro atoms. The summed E-state index contributed by atoms with van der Waals surface area (Å²) in [6.45, 7) is 2.56. The van der Waals surface area contributed by atoms with Gasteiger partial charge >= 0.3 is 0 Å². The number of benzene rings is 2. The molecule has 0 bridgehead atoms. The smallest absolute Gasteiger partial charge is 0.255 e. The summed E-state index contributed by atoms with van der Waals surface area (Å²) in [4.78, 5) is 17.6. The van der Waals surface area contributed by atoms with Crippen molar-refractivity contribution in [1.29, 1.82) is 0 Å². The first-order valence-electron chi connectivity index (χ1n) is 7.53. The first-order valence-corrected chi connectivity index (χ1v) is 8.75. The molecule has 2 aromatic carbocycles. The van der Waals surface area contributed by atoms with E-state index in [9.17, 15) is 4.79 Å². The highest BCUT2D eigenvalue weighted by Gasteiger charge is 2.10. The zero-order chi connectivity index (χ0) is 16.9. The van der Waals surface area contributed by atoms with E-state index in [1.54, 1.807) is 22.8 Å². The number of carbonyl (C=O) groups excluding carboxylic acids is 1. The monoisotopic (exact) mass is 338 g/mol. The highest BCUT2D eigenvalue weighted by atomic mass is 32.2. The van der Waals surface area contributed by atoms with Gasteiger partial charge in [0.1, 0.15) is 12.7 Å². The molecule has 0 aliphatic carbocycles. The third-order valence-electron chi connectivity index (χ3n) is 3.69. The Morgan fingerprint density at radius 2 is 2.12 bits per heavy atom. The number of hydrogen-bond donors (Lipinski definition) is 1. The lowest BCUT2D eigenvalue weighted by Gasteiger charge is -2.10. The quantitative estimate of drug-likeness (QED) is 0.722. The summed E-state index contributed by atoms with van der Waals surface area (Å²) < 4.78 is 1.74. The second-order valence-electron chi connectivity index (χ2n) is 5.43. The van der Waals surface area contributed by atoms with E-state index in [4.69, 9.17) is 0 Å². The van der Waals surface area contributed by atoms with Crippen LogP contribution in [-0.2, 0) is 6.54 Å². The van der Waals surface area contributed by atoms with Gasteiger partial charge in [0.2, 0.25) is 0 Å². The molecule has 1 N–H and O–H groups in total. The number of nitrogens with zero attached hydrogens (tertiary/aromatic N) is 3. The first-order chi connectivity index (χ1) is 11.7. The third kappa shape index (κ3) is 3.83. The van der Waals surface area contributed by atoms with E-state index in [0.717, 1.165) is 21.7 Å². The van der Waals surface area contributed by atoms with E-state index in [2.05, 4.69) is 15.4 Å². The molecule has 1 amide bonds. The Bertz CT molecular complexity index is 846. The van der Waals surface area contributed by atoms with E-state index >= 15 is 0 Å². The largest absolute Gasteiger partial charge is 0.322 e. The molecule has 0 atom stereocenters. The summed E-state index contributed by atoms with van der Waals surface area (Å²) in [7, 11) is 0. The van der Waals surface area contributed by atoms with Gasteiger partial charge in [-0.2, -0.15) is 5.10 Å². The van der Waals surface area contributed by atoms with Crippen molar-refractivity contribution in [3.63, 3.8) is 0 Å².